The zero-order valence-electron chi connectivity index (χ0n) is 10.7. The van der Waals surface area contributed by atoms with Crippen molar-refractivity contribution in [1.82, 2.24) is 10.3 Å². The number of nitrogens with one attached hydrogen (secondary N) is 1. The lowest BCUT2D eigenvalue weighted by atomic mass is 9.99. The first-order chi connectivity index (χ1) is 8.84. The maximum Gasteiger partial charge on any atom is 0.137 e. The number of anilines is 1. The second-order valence-corrected chi connectivity index (χ2v) is 6.01. The molecule has 0 radical (unpaired) electrons. The summed E-state index contributed by atoms with van der Waals surface area (Å²) in [5.41, 5.74) is 0. The molecule has 1 aliphatic rings. The van der Waals surface area contributed by atoms with Crippen molar-refractivity contribution in [3.05, 3.63) is 23.7 Å². The van der Waals surface area contributed by atoms with Crippen molar-refractivity contribution in [3.8, 4) is 0 Å². The zero-order chi connectivity index (χ0) is 12.4. The Kier molecular flexibility index (Phi) is 3.48. The largest absolute Gasteiger partial charge is 0.359 e. The lowest BCUT2D eigenvalue weighted by Gasteiger charge is -2.28. The molecule has 4 heteroatoms. The summed E-state index contributed by atoms with van der Waals surface area (Å²) in [6, 6.07) is 4.28. The van der Waals surface area contributed by atoms with Crippen LogP contribution in [0.2, 0.25) is 0 Å². The molecule has 1 N–H and O–H groups in total. The van der Waals surface area contributed by atoms with E-state index in [1.165, 1.54) is 29.5 Å². The van der Waals surface area contributed by atoms with Crippen molar-refractivity contribution < 1.29 is 0 Å². The highest BCUT2D eigenvalue weighted by molar-refractivity contribution is 7.17. The van der Waals surface area contributed by atoms with E-state index in [1.807, 2.05) is 6.20 Å². The van der Waals surface area contributed by atoms with Crippen LogP contribution in [0.4, 0.5) is 5.82 Å². The lowest BCUT2D eigenvalue weighted by molar-refractivity contribution is 0.381. The van der Waals surface area contributed by atoms with Gasteiger partial charge in [0.1, 0.15) is 5.82 Å². The zero-order valence-corrected chi connectivity index (χ0v) is 11.5. The number of nitrogens with zero attached hydrogens (tertiary/aromatic N) is 2. The van der Waals surface area contributed by atoms with Crippen LogP contribution in [-0.4, -0.2) is 31.7 Å². The van der Waals surface area contributed by atoms with Crippen molar-refractivity contribution in [2.45, 2.75) is 12.8 Å². The second kappa shape index (κ2) is 5.24. The standard InChI is InChI=1S/C14H19N3S/c1-17(10-11-3-2-6-15-9-11)14-12-5-8-18-13(12)4-7-16-14/h4-5,7-8,11,15H,2-3,6,9-10H2,1H3. The monoisotopic (exact) mass is 261 g/mol. The van der Waals surface area contributed by atoms with Crippen LogP contribution < -0.4 is 10.2 Å². The molecule has 2 aromatic rings. The summed E-state index contributed by atoms with van der Waals surface area (Å²) in [6.07, 6.45) is 4.55. The Balaban J connectivity index is 1.78. The van der Waals surface area contributed by atoms with E-state index in [0.717, 1.165) is 24.8 Å². The summed E-state index contributed by atoms with van der Waals surface area (Å²) in [6.45, 7) is 3.41. The van der Waals surface area contributed by atoms with E-state index in [-0.39, 0.29) is 0 Å². The summed E-state index contributed by atoms with van der Waals surface area (Å²) in [5.74, 6) is 1.87. The summed E-state index contributed by atoms with van der Waals surface area (Å²) >= 11 is 1.79. The third kappa shape index (κ3) is 2.35. The van der Waals surface area contributed by atoms with Gasteiger partial charge in [-0.2, -0.15) is 0 Å². The maximum absolute atomic E-state index is 4.56. The first kappa shape index (κ1) is 11.9. The number of thiophene rings is 1. The first-order valence-corrected chi connectivity index (χ1v) is 7.46. The molecule has 0 aromatic carbocycles. The smallest absolute Gasteiger partial charge is 0.137 e. The third-order valence-corrected chi connectivity index (χ3v) is 4.53. The molecule has 3 rings (SSSR count). The van der Waals surface area contributed by atoms with Gasteiger partial charge in [0.25, 0.3) is 0 Å². The van der Waals surface area contributed by atoms with E-state index in [0.29, 0.717) is 0 Å². The first-order valence-electron chi connectivity index (χ1n) is 6.58. The van der Waals surface area contributed by atoms with Gasteiger partial charge in [0.15, 0.2) is 0 Å². The Labute approximate surface area is 112 Å². The minimum Gasteiger partial charge on any atom is -0.359 e. The molecule has 1 saturated heterocycles. The van der Waals surface area contributed by atoms with Crippen LogP contribution in [0.5, 0.6) is 0 Å². The van der Waals surface area contributed by atoms with Gasteiger partial charge in [0.05, 0.1) is 0 Å². The van der Waals surface area contributed by atoms with Gasteiger partial charge >= 0.3 is 0 Å². The lowest BCUT2D eigenvalue weighted by Crippen LogP contribution is -2.37. The quantitative estimate of drug-likeness (QED) is 0.921. The summed E-state index contributed by atoms with van der Waals surface area (Å²) in [4.78, 5) is 6.87. The Hall–Kier alpha value is -1.13. The number of fused-ring (bicyclic) bond motifs is 1. The Morgan fingerprint density at radius 3 is 3.28 bits per heavy atom. The van der Waals surface area contributed by atoms with Crippen LogP contribution in [0, 0.1) is 5.92 Å². The van der Waals surface area contributed by atoms with E-state index >= 15 is 0 Å². The highest BCUT2D eigenvalue weighted by Crippen LogP contribution is 2.28. The topological polar surface area (TPSA) is 28.2 Å². The minimum atomic E-state index is 0.749. The van der Waals surface area contributed by atoms with Gasteiger partial charge in [0.2, 0.25) is 0 Å². The number of hydrogen-bond acceptors (Lipinski definition) is 4. The number of aromatic nitrogens is 1. The molecule has 18 heavy (non-hydrogen) atoms. The van der Waals surface area contributed by atoms with Gasteiger partial charge in [-0.1, -0.05) is 0 Å². The van der Waals surface area contributed by atoms with Gasteiger partial charge in [-0.25, -0.2) is 4.98 Å². The minimum absolute atomic E-state index is 0.749. The average molecular weight is 261 g/mol. The number of pyridine rings is 1. The van der Waals surface area contributed by atoms with E-state index in [1.54, 1.807) is 11.3 Å². The highest BCUT2D eigenvalue weighted by Gasteiger charge is 2.17. The summed E-state index contributed by atoms with van der Waals surface area (Å²) in [7, 11) is 2.16. The molecule has 1 aliphatic heterocycles. The Bertz CT molecular complexity index is 516. The van der Waals surface area contributed by atoms with Crippen molar-refractivity contribution >= 4 is 27.2 Å². The van der Waals surface area contributed by atoms with Crippen molar-refractivity contribution in [1.29, 1.82) is 0 Å². The Morgan fingerprint density at radius 2 is 2.44 bits per heavy atom. The van der Waals surface area contributed by atoms with E-state index < -0.39 is 0 Å². The van der Waals surface area contributed by atoms with Gasteiger partial charge in [-0.05, 0) is 49.4 Å². The molecule has 1 atom stereocenters. The molecular formula is C14H19N3S. The van der Waals surface area contributed by atoms with E-state index in [9.17, 15) is 0 Å². The molecule has 0 spiro atoms. The molecule has 0 saturated carbocycles. The van der Waals surface area contributed by atoms with Crippen molar-refractivity contribution in [3.63, 3.8) is 0 Å². The van der Waals surface area contributed by atoms with Crippen LogP contribution in [-0.2, 0) is 0 Å². The van der Waals surface area contributed by atoms with Crippen molar-refractivity contribution in [2.75, 3.05) is 31.6 Å². The van der Waals surface area contributed by atoms with Gasteiger partial charge in [-0.15, -0.1) is 11.3 Å². The molecule has 1 unspecified atom stereocenters. The van der Waals surface area contributed by atoms with Gasteiger partial charge < -0.3 is 10.2 Å². The van der Waals surface area contributed by atoms with Crippen LogP contribution in [0.3, 0.4) is 0 Å². The third-order valence-electron chi connectivity index (χ3n) is 3.65. The molecular weight excluding hydrogens is 242 g/mol. The molecule has 0 amide bonds. The van der Waals surface area contributed by atoms with Crippen LogP contribution >= 0.6 is 11.3 Å². The molecule has 3 nitrogen and oxygen atoms in total. The van der Waals surface area contributed by atoms with Crippen LogP contribution in [0.15, 0.2) is 23.7 Å². The second-order valence-electron chi connectivity index (χ2n) is 5.06. The molecule has 96 valence electrons. The normalized spacial score (nSPS) is 20.2. The Morgan fingerprint density at radius 1 is 1.50 bits per heavy atom. The van der Waals surface area contributed by atoms with E-state index in [4.69, 9.17) is 0 Å². The fourth-order valence-electron chi connectivity index (χ4n) is 2.74. The SMILES string of the molecule is CN(CC1CCCNC1)c1nccc2sccc12. The number of hydrogen-bond donors (Lipinski definition) is 1. The maximum atomic E-state index is 4.56. The molecule has 2 aromatic heterocycles. The number of rotatable bonds is 3. The summed E-state index contributed by atoms with van der Waals surface area (Å²) in [5, 5.41) is 6.91. The van der Waals surface area contributed by atoms with Crippen LogP contribution in [0.25, 0.3) is 10.1 Å². The van der Waals surface area contributed by atoms with Crippen LogP contribution in [0.1, 0.15) is 12.8 Å². The molecule has 0 aliphatic carbocycles. The highest BCUT2D eigenvalue weighted by atomic mass is 32.1. The fourth-order valence-corrected chi connectivity index (χ4v) is 3.51. The predicted molar refractivity (Wildman–Crippen MR) is 78.5 cm³/mol. The number of piperidine rings is 1. The summed E-state index contributed by atoms with van der Waals surface area (Å²) < 4.78 is 1.33. The van der Waals surface area contributed by atoms with Gasteiger partial charge in [0, 0.05) is 29.9 Å². The molecule has 1 fully saturated rings. The average Bonchev–Trinajstić information content (AvgIpc) is 2.87. The predicted octanol–water partition coefficient (Wildman–Crippen LogP) is 2.73. The molecule has 0 bridgehead atoms. The van der Waals surface area contributed by atoms with Crippen molar-refractivity contribution in [2.24, 2.45) is 5.92 Å². The van der Waals surface area contributed by atoms with Gasteiger partial charge in [-0.3, -0.25) is 0 Å². The van der Waals surface area contributed by atoms with E-state index in [2.05, 4.69) is 39.8 Å². The fraction of sp³-hybridized carbons (Fsp3) is 0.500. The molecule has 3 heterocycles.